The lowest BCUT2D eigenvalue weighted by molar-refractivity contribution is -0.150. The zero-order valence-electron chi connectivity index (χ0n) is 11.3. The van der Waals surface area contributed by atoms with E-state index in [1.165, 1.54) is 0 Å². The van der Waals surface area contributed by atoms with Gasteiger partial charge in [-0.2, -0.15) is 0 Å². The van der Waals surface area contributed by atoms with Gasteiger partial charge in [-0.15, -0.1) is 6.58 Å². The number of aryl methyl sites for hydroxylation is 1. The molecule has 3 heteroatoms. The lowest BCUT2D eigenvalue weighted by atomic mass is 9.91. The van der Waals surface area contributed by atoms with Crippen LogP contribution in [0.4, 0.5) is 0 Å². The fraction of sp³-hybridized carbons (Fsp3) is 0.400. The molecule has 0 aliphatic heterocycles. The Kier molecular flexibility index (Phi) is 5.10. The van der Waals surface area contributed by atoms with Crippen molar-refractivity contribution in [1.29, 1.82) is 0 Å². The molecular formula is C15H21NO2. The van der Waals surface area contributed by atoms with Crippen molar-refractivity contribution in [2.75, 3.05) is 13.2 Å². The minimum absolute atomic E-state index is 0.268. The highest BCUT2D eigenvalue weighted by atomic mass is 16.5. The molecular weight excluding hydrogens is 226 g/mol. The van der Waals surface area contributed by atoms with E-state index in [-0.39, 0.29) is 5.97 Å². The van der Waals surface area contributed by atoms with Crippen LogP contribution in [0.25, 0.3) is 0 Å². The SMILES string of the molecule is C=CCNC(C)(C(=O)OCC)c1ccc(C)cc1. The first kappa shape index (κ1) is 14.5. The molecule has 1 rings (SSSR count). The molecule has 0 fully saturated rings. The minimum atomic E-state index is -0.835. The van der Waals surface area contributed by atoms with E-state index in [1.54, 1.807) is 13.0 Å². The maximum atomic E-state index is 12.1. The van der Waals surface area contributed by atoms with Gasteiger partial charge in [-0.3, -0.25) is 5.32 Å². The summed E-state index contributed by atoms with van der Waals surface area (Å²) in [5.41, 5.74) is 1.22. The number of esters is 1. The van der Waals surface area contributed by atoms with Crippen LogP contribution >= 0.6 is 0 Å². The number of hydrogen-bond donors (Lipinski definition) is 1. The number of ether oxygens (including phenoxy) is 1. The average molecular weight is 247 g/mol. The summed E-state index contributed by atoms with van der Waals surface area (Å²) in [7, 11) is 0. The van der Waals surface area contributed by atoms with E-state index in [4.69, 9.17) is 4.74 Å². The lowest BCUT2D eigenvalue weighted by Gasteiger charge is -2.28. The molecule has 0 aliphatic carbocycles. The fourth-order valence-corrected chi connectivity index (χ4v) is 1.73. The maximum absolute atomic E-state index is 12.1. The van der Waals surface area contributed by atoms with Crippen molar-refractivity contribution in [2.24, 2.45) is 0 Å². The molecule has 18 heavy (non-hydrogen) atoms. The summed E-state index contributed by atoms with van der Waals surface area (Å²) in [5, 5.41) is 3.17. The van der Waals surface area contributed by atoms with E-state index < -0.39 is 5.54 Å². The largest absolute Gasteiger partial charge is 0.464 e. The first-order valence-electron chi connectivity index (χ1n) is 6.15. The van der Waals surface area contributed by atoms with E-state index >= 15 is 0 Å². The first-order chi connectivity index (χ1) is 8.54. The van der Waals surface area contributed by atoms with Crippen molar-refractivity contribution >= 4 is 5.97 Å². The molecule has 0 aromatic heterocycles. The summed E-state index contributed by atoms with van der Waals surface area (Å²) in [4.78, 5) is 12.1. The number of hydrogen-bond acceptors (Lipinski definition) is 3. The van der Waals surface area contributed by atoms with Gasteiger partial charge in [0.2, 0.25) is 0 Å². The standard InChI is InChI=1S/C15H21NO2/c1-5-11-16-15(4,14(17)18-6-2)13-9-7-12(3)8-10-13/h5,7-10,16H,1,6,11H2,2-4H3. The Morgan fingerprint density at radius 3 is 2.56 bits per heavy atom. The van der Waals surface area contributed by atoms with Crippen LogP contribution < -0.4 is 5.32 Å². The van der Waals surface area contributed by atoms with Gasteiger partial charge in [0.05, 0.1) is 6.61 Å². The molecule has 0 saturated carbocycles. The normalized spacial score (nSPS) is 13.7. The summed E-state index contributed by atoms with van der Waals surface area (Å²) in [5.74, 6) is -0.268. The highest BCUT2D eigenvalue weighted by molar-refractivity contribution is 5.82. The second-order valence-electron chi connectivity index (χ2n) is 4.38. The zero-order valence-corrected chi connectivity index (χ0v) is 11.3. The van der Waals surface area contributed by atoms with Crippen molar-refractivity contribution < 1.29 is 9.53 Å². The van der Waals surface area contributed by atoms with Crippen LogP contribution in [0.5, 0.6) is 0 Å². The third-order valence-electron chi connectivity index (χ3n) is 2.91. The molecule has 0 aliphatic rings. The van der Waals surface area contributed by atoms with Crippen molar-refractivity contribution in [1.82, 2.24) is 5.32 Å². The summed E-state index contributed by atoms with van der Waals surface area (Å²) in [6, 6.07) is 7.87. The highest BCUT2D eigenvalue weighted by Gasteiger charge is 2.35. The van der Waals surface area contributed by atoms with Crippen LogP contribution in [0.15, 0.2) is 36.9 Å². The Hall–Kier alpha value is -1.61. The Morgan fingerprint density at radius 2 is 2.06 bits per heavy atom. The highest BCUT2D eigenvalue weighted by Crippen LogP contribution is 2.23. The van der Waals surface area contributed by atoms with Gasteiger partial charge in [0.15, 0.2) is 0 Å². The van der Waals surface area contributed by atoms with Crippen LogP contribution in [0.1, 0.15) is 25.0 Å². The van der Waals surface area contributed by atoms with Crippen LogP contribution in [0.3, 0.4) is 0 Å². The van der Waals surface area contributed by atoms with Gasteiger partial charge in [-0.1, -0.05) is 35.9 Å². The molecule has 1 unspecified atom stereocenters. The predicted molar refractivity (Wildman–Crippen MR) is 73.4 cm³/mol. The van der Waals surface area contributed by atoms with Crippen molar-refractivity contribution in [3.05, 3.63) is 48.0 Å². The van der Waals surface area contributed by atoms with Gasteiger partial charge in [-0.25, -0.2) is 4.79 Å². The summed E-state index contributed by atoms with van der Waals surface area (Å²) < 4.78 is 5.15. The molecule has 0 spiro atoms. The number of carbonyl (C=O) groups is 1. The third-order valence-corrected chi connectivity index (χ3v) is 2.91. The molecule has 1 N–H and O–H groups in total. The van der Waals surface area contributed by atoms with E-state index in [9.17, 15) is 4.79 Å². The maximum Gasteiger partial charge on any atom is 0.330 e. The van der Waals surface area contributed by atoms with Crippen molar-refractivity contribution in [2.45, 2.75) is 26.3 Å². The molecule has 0 amide bonds. The molecule has 1 atom stereocenters. The molecule has 0 heterocycles. The first-order valence-corrected chi connectivity index (χ1v) is 6.15. The number of rotatable bonds is 6. The summed E-state index contributed by atoms with van der Waals surface area (Å²) in [6.45, 7) is 10.2. The van der Waals surface area contributed by atoms with Crippen LogP contribution in [-0.2, 0) is 15.1 Å². The number of benzene rings is 1. The molecule has 0 radical (unpaired) electrons. The Balaban J connectivity index is 3.06. The van der Waals surface area contributed by atoms with Gasteiger partial charge in [-0.05, 0) is 26.3 Å². The predicted octanol–water partition coefficient (Wildman–Crippen LogP) is 2.55. The average Bonchev–Trinajstić information content (AvgIpc) is 2.37. The number of carbonyl (C=O) groups excluding carboxylic acids is 1. The fourth-order valence-electron chi connectivity index (χ4n) is 1.73. The smallest absolute Gasteiger partial charge is 0.330 e. The molecule has 3 nitrogen and oxygen atoms in total. The van der Waals surface area contributed by atoms with Gasteiger partial charge < -0.3 is 4.74 Å². The van der Waals surface area contributed by atoms with Gasteiger partial charge in [0.25, 0.3) is 0 Å². The zero-order chi connectivity index (χ0) is 13.6. The van der Waals surface area contributed by atoms with E-state index in [0.717, 1.165) is 11.1 Å². The van der Waals surface area contributed by atoms with E-state index in [1.807, 2.05) is 38.1 Å². The molecule has 1 aromatic rings. The lowest BCUT2D eigenvalue weighted by Crippen LogP contribution is -2.47. The quantitative estimate of drug-likeness (QED) is 0.620. The summed E-state index contributed by atoms with van der Waals surface area (Å²) >= 11 is 0. The second kappa shape index (κ2) is 6.36. The van der Waals surface area contributed by atoms with Gasteiger partial charge >= 0.3 is 5.97 Å². The Bertz CT molecular complexity index is 411. The Morgan fingerprint density at radius 1 is 1.44 bits per heavy atom. The van der Waals surface area contributed by atoms with Gasteiger partial charge in [0.1, 0.15) is 5.54 Å². The Labute approximate surface area is 109 Å². The monoisotopic (exact) mass is 247 g/mol. The van der Waals surface area contributed by atoms with Crippen molar-refractivity contribution in [3.63, 3.8) is 0 Å². The second-order valence-corrected chi connectivity index (χ2v) is 4.38. The third kappa shape index (κ3) is 3.20. The number of nitrogens with one attached hydrogen (secondary N) is 1. The van der Waals surface area contributed by atoms with Gasteiger partial charge in [0, 0.05) is 6.54 Å². The molecule has 0 saturated heterocycles. The van der Waals surface area contributed by atoms with Crippen LogP contribution in [-0.4, -0.2) is 19.1 Å². The molecule has 98 valence electrons. The molecule has 1 aromatic carbocycles. The van der Waals surface area contributed by atoms with Crippen LogP contribution in [0, 0.1) is 6.92 Å². The van der Waals surface area contributed by atoms with Crippen LogP contribution in [0.2, 0.25) is 0 Å². The molecule has 0 bridgehead atoms. The minimum Gasteiger partial charge on any atom is -0.464 e. The summed E-state index contributed by atoms with van der Waals surface area (Å²) in [6.07, 6.45) is 1.73. The van der Waals surface area contributed by atoms with E-state index in [0.29, 0.717) is 13.2 Å². The van der Waals surface area contributed by atoms with E-state index in [2.05, 4.69) is 11.9 Å². The topological polar surface area (TPSA) is 38.3 Å². The van der Waals surface area contributed by atoms with Crippen molar-refractivity contribution in [3.8, 4) is 0 Å².